The van der Waals surface area contributed by atoms with Gasteiger partial charge in [-0.25, -0.2) is 0 Å². The lowest BCUT2D eigenvalue weighted by Gasteiger charge is -2.52. The van der Waals surface area contributed by atoms with Crippen LogP contribution in [0.3, 0.4) is 0 Å². The minimum atomic E-state index is -0.643. The van der Waals surface area contributed by atoms with Gasteiger partial charge in [0.1, 0.15) is 6.10 Å². The molecule has 0 bridgehead atoms. The van der Waals surface area contributed by atoms with Crippen molar-refractivity contribution in [3.05, 3.63) is 12.2 Å². The lowest BCUT2D eigenvalue weighted by Crippen LogP contribution is -2.47. The number of rotatable bonds is 2. The van der Waals surface area contributed by atoms with Crippen molar-refractivity contribution in [2.45, 2.75) is 71.5 Å². The molecule has 0 unspecified atom stereocenters. The summed E-state index contributed by atoms with van der Waals surface area (Å²) in [6.07, 6.45) is 4.98. The lowest BCUT2D eigenvalue weighted by molar-refractivity contribution is -0.148. The average Bonchev–Trinajstić information content (AvgIpc) is 2.31. The Bertz CT molecular complexity index is 407. The van der Waals surface area contributed by atoms with E-state index in [-0.39, 0.29) is 17.5 Å². The molecule has 2 saturated carbocycles. The van der Waals surface area contributed by atoms with Gasteiger partial charge in [-0.3, -0.25) is 4.79 Å². The van der Waals surface area contributed by atoms with Crippen molar-refractivity contribution in [3.8, 4) is 0 Å². The van der Waals surface area contributed by atoms with Crippen LogP contribution < -0.4 is 0 Å². The molecule has 0 aliphatic heterocycles. The van der Waals surface area contributed by atoms with E-state index in [1.54, 1.807) is 0 Å². The van der Waals surface area contributed by atoms with Crippen molar-refractivity contribution in [3.63, 3.8) is 0 Å². The fourth-order valence-electron chi connectivity index (χ4n) is 4.11. The third-order valence-electron chi connectivity index (χ3n) is 5.57. The summed E-state index contributed by atoms with van der Waals surface area (Å²) in [5, 5.41) is 10.3. The molecule has 0 heterocycles. The van der Waals surface area contributed by atoms with Crippen molar-refractivity contribution in [1.82, 2.24) is 0 Å². The number of hydrogen-bond donors (Lipinski definition) is 1. The number of carbonyl (C=O) groups is 1. The Labute approximate surface area is 122 Å². The first-order chi connectivity index (χ1) is 9.13. The second-order valence-electron chi connectivity index (χ2n) is 7.54. The molecular formula is C17H28O3. The molecule has 2 aliphatic carbocycles. The summed E-state index contributed by atoms with van der Waals surface area (Å²) < 4.78 is 5.42. The summed E-state index contributed by atoms with van der Waals surface area (Å²) in [6, 6.07) is 0. The Morgan fingerprint density at radius 1 is 1.40 bits per heavy atom. The smallest absolute Gasteiger partial charge is 0.303 e. The van der Waals surface area contributed by atoms with Crippen LogP contribution in [-0.4, -0.2) is 22.8 Å². The van der Waals surface area contributed by atoms with Gasteiger partial charge in [0.15, 0.2) is 0 Å². The molecule has 3 nitrogen and oxygen atoms in total. The van der Waals surface area contributed by atoms with Crippen LogP contribution in [-0.2, 0) is 9.53 Å². The molecule has 114 valence electrons. The highest BCUT2D eigenvalue weighted by atomic mass is 16.5. The topological polar surface area (TPSA) is 46.5 Å². The molecule has 2 aliphatic rings. The molecule has 3 heteroatoms. The fourth-order valence-corrected chi connectivity index (χ4v) is 4.11. The average molecular weight is 280 g/mol. The van der Waals surface area contributed by atoms with E-state index in [4.69, 9.17) is 4.74 Å². The molecular weight excluding hydrogens is 252 g/mol. The van der Waals surface area contributed by atoms with Crippen LogP contribution in [0.4, 0.5) is 0 Å². The first kappa shape index (κ1) is 15.6. The van der Waals surface area contributed by atoms with Crippen LogP contribution >= 0.6 is 0 Å². The Morgan fingerprint density at radius 3 is 2.55 bits per heavy atom. The van der Waals surface area contributed by atoms with Gasteiger partial charge in [-0.15, -0.1) is 0 Å². The Morgan fingerprint density at radius 2 is 2.00 bits per heavy atom. The number of esters is 1. The van der Waals surface area contributed by atoms with E-state index in [9.17, 15) is 9.90 Å². The van der Waals surface area contributed by atoms with Gasteiger partial charge >= 0.3 is 5.97 Å². The van der Waals surface area contributed by atoms with Crippen molar-refractivity contribution < 1.29 is 14.6 Å². The zero-order valence-electron chi connectivity index (χ0n) is 13.2. The molecule has 20 heavy (non-hydrogen) atoms. The Kier molecular flexibility index (Phi) is 4.03. The van der Waals surface area contributed by atoms with Gasteiger partial charge in [0.25, 0.3) is 0 Å². The Hall–Kier alpha value is -0.830. The first-order valence-electron chi connectivity index (χ1n) is 7.72. The quantitative estimate of drug-likeness (QED) is 0.622. The second kappa shape index (κ2) is 5.18. The van der Waals surface area contributed by atoms with Crippen LogP contribution in [0.15, 0.2) is 12.2 Å². The van der Waals surface area contributed by atoms with Crippen LogP contribution in [0.2, 0.25) is 0 Å². The number of aliphatic hydroxyl groups is 1. The van der Waals surface area contributed by atoms with Crippen molar-refractivity contribution in [2.75, 3.05) is 0 Å². The van der Waals surface area contributed by atoms with Gasteiger partial charge in [-0.05, 0) is 68.8 Å². The summed E-state index contributed by atoms with van der Waals surface area (Å²) in [6.45, 7) is 11.8. The predicted octanol–water partition coefficient (Wildman–Crippen LogP) is 3.46. The van der Waals surface area contributed by atoms with Crippen LogP contribution in [0.25, 0.3) is 0 Å². The summed E-state index contributed by atoms with van der Waals surface area (Å²) in [4.78, 5) is 11.2. The monoisotopic (exact) mass is 280 g/mol. The van der Waals surface area contributed by atoms with Crippen molar-refractivity contribution in [1.29, 1.82) is 0 Å². The van der Waals surface area contributed by atoms with Gasteiger partial charge in [0.05, 0.1) is 5.60 Å². The molecule has 2 rings (SSSR count). The standard InChI is InChI=1S/C17H28O3/c1-11-14-10-13(16(3,4)19)6-8-17(14,5)9-7-15(11)20-12(2)18/h13-15,19H,1,6-10H2,2-5H3/t13-,14+,15-,17+/m0/s1. The van der Waals surface area contributed by atoms with Gasteiger partial charge < -0.3 is 9.84 Å². The summed E-state index contributed by atoms with van der Waals surface area (Å²) in [5.74, 6) is 0.425. The molecule has 1 N–H and O–H groups in total. The van der Waals surface area contributed by atoms with Crippen LogP contribution in [0, 0.1) is 17.3 Å². The first-order valence-corrected chi connectivity index (χ1v) is 7.72. The van der Waals surface area contributed by atoms with Crippen molar-refractivity contribution >= 4 is 5.97 Å². The molecule has 0 amide bonds. The summed E-state index contributed by atoms with van der Waals surface area (Å²) >= 11 is 0. The minimum Gasteiger partial charge on any atom is -0.458 e. The maximum atomic E-state index is 11.2. The van der Waals surface area contributed by atoms with Crippen LogP contribution in [0.5, 0.6) is 0 Å². The van der Waals surface area contributed by atoms with Gasteiger partial charge in [-0.1, -0.05) is 13.5 Å². The maximum absolute atomic E-state index is 11.2. The fraction of sp³-hybridized carbons (Fsp3) is 0.824. The summed E-state index contributed by atoms with van der Waals surface area (Å²) in [5.41, 5.74) is 0.675. The largest absolute Gasteiger partial charge is 0.458 e. The normalized spacial score (nSPS) is 38.2. The second-order valence-corrected chi connectivity index (χ2v) is 7.54. The van der Waals surface area contributed by atoms with E-state index in [0.717, 1.165) is 37.7 Å². The number of ether oxygens (including phenoxy) is 1. The van der Waals surface area contributed by atoms with Gasteiger partial charge in [-0.2, -0.15) is 0 Å². The third-order valence-corrected chi connectivity index (χ3v) is 5.57. The van der Waals surface area contributed by atoms with E-state index in [1.165, 1.54) is 6.92 Å². The van der Waals surface area contributed by atoms with Gasteiger partial charge in [0.2, 0.25) is 0 Å². The molecule has 0 aromatic rings. The molecule has 2 fully saturated rings. The number of fused-ring (bicyclic) bond motifs is 1. The lowest BCUT2D eigenvalue weighted by atomic mass is 9.55. The maximum Gasteiger partial charge on any atom is 0.303 e. The molecule has 0 radical (unpaired) electrons. The number of hydrogen-bond acceptors (Lipinski definition) is 3. The van der Waals surface area contributed by atoms with E-state index in [1.807, 2.05) is 13.8 Å². The number of carbonyl (C=O) groups excluding carboxylic acids is 1. The third kappa shape index (κ3) is 2.93. The van der Waals surface area contributed by atoms with Crippen LogP contribution in [0.1, 0.15) is 59.8 Å². The molecule has 0 aromatic heterocycles. The highest BCUT2D eigenvalue weighted by Gasteiger charge is 2.48. The summed E-state index contributed by atoms with van der Waals surface area (Å²) in [7, 11) is 0. The molecule has 4 atom stereocenters. The molecule has 0 spiro atoms. The zero-order chi connectivity index (χ0) is 15.1. The minimum absolute atomic E-state index is 0.133. The van der Waals surface area contributed by atoms with E-state index < -0.39 is 5.60 Å². The van der Waals surface area contributed by atoms with E-state index >= 15 is 0 Å². The predicted molar refractivity (Wildman–Crippen MR) is 79.2 cm³/mol. The van der Waals surface area contributed by atoms with E-state index in [2.05, 4.69) is 13.5 Å². The van der Waals surface area contributed by atoms with Gasteiger partial charge in [0, 0.05) is 6.92 Å². The highest BCUT2D eigenvalue weighted by Crippen LogP contribution is 2.55. The molecule has 0 saturated heterocycles. The highest BCUT2D eigenvalue weighted by molar-refractivity contribution is 5.66. The Balaban J connectivity index is 2.16. The van der Waals surface area contributed by atoms with Crippen molar-refractivity contribution in [2.24, 2.45) is 17.3 Å². The van der Waals surface area contributed by atoms with E-state index in [0.29, 0.717) is 11.8 Å². The zero-order valence-corrected chi connectivity index (χ0v) is 13.2. The SMILES string of the molecule is C=C1[C@@H](OC(C)=O)CC[C@@]2(C)CC[C@H](C(C)(C)O)C[C@H]12. The molecule has 0 aromatic carbocycles.